The molecule has 0 aliphatic carbocycles. The number of aldehydes is 1. The molecule has 0 aliphatic rings. The largest absolute Gasteiger partial charge is 0.297 e. The lowest BCUT2D eigenvalue weighted by Gasteiger charge is -2.09. The minimum absolute atomic E-state index is 0.426. The lowest BCUT2D eigenvalue weighted by molar-refractivity contribution is 0.112. The summed E-state index contributed by atoms with van der Waals surface area (Å²) >= 11 is 1.59. The highest BCUT2D eigenvalue weighted by Gasteiger charge is 2.09. The van der Waals surface area contributed by atoms with Crippen molar-refractivity contribution in [3.63, 3.8) is 0 Å². The third-order valence-electron chi connectivity index (χ3n) is 3.03. The smallest absolute Gasteiger partial charge is 0.160 e. The molecule has 0 saturated carbocycles. The Balaban J connectivity index is 2.37. The van der Waals surface area contributed by atoms with Crippen LogP contribution in [-0.2, 0) is 0 Å². The molecular weight excluding hydrogens is 228 g/mol. The summed E-state index contributed by atoms with van der Waals surface area (Å²) in [6.45, 7) is 6.14. The highest BCUT2D eigenvalue weighted by Crippen LogP contribution is 2.29. The Bertz CT molecular complexity index is 340. The monoisotopic (exact) mass is 250 g/mol. The first kappa shape index (κ1) is 14.2. The van der Waals surface area contributed by atoms with E-state index in [4.69, 9.17) is 0 Å². The van der Waals surface area contributed by atoms with E-state index in [1.807, 2.05) is 12.1 Å². The van der Waals surface area contributed by atoms with E-state index in [0.717, 1.165) is 17.6 Å². The van der Waals surface area contributed by atoms with Crippen LogP contribution in [-0.4, -0.2) is 6.29 Å². The zero-order valence-corrected chi connectivity index (χ0v) is 11.5. The van der Waals surface area contributed by atoms with Crippen molar-refractivity contribution in [2.45, 2.75) is 51.4 Å². The van der Waals surface area contributed by atoms with Gasteiger partial charge in [0.1, 0.15) is 0 Å². The molecule has 0 radical (unpaired) electrons. The molecule has 0 fully saturated rings. The van der Waals surface area contributed by atoms with E-state index >= 15 is 0 Å². The first-order valence-corrected chi connectivity index (χ1v) is 7.31. The van der Waals surface area contributed by atoms with Crippen LogP contribution in [0.5, 0.6) is 0 Å². The van der Waals surface area contributed by atoms with Crippen LogP contribution in [0.3, 0.4) is 0 Å². The van der Waals surface area contributed by atoms with Gasteiger partial charge in [0.2, 0.25) is 0 Å². The topological polar surface area (TPSA) is 17.1 Å². The fourth-order valence-corrected chi connectivity index (χ4v) is 2.93. The molecule has 0 bridgehead atoms. The van der Waals surface area contributed by atoms with Crippen LogP contribution in [0.15, 0.2) is 24.8 Å². The van der Waals surface area contributed by atoms with Crippen LogP contribution in [0.1, 0.15) is 65.9 Å². The number of rotatable bonds is 9. The minimum atomic E-state index is 0.426. The molecule has 17 heavy (non-hydrogen) atoms. The van der Waals surface area contributed by atoms with Crippen molar-refractivity contribution in [3.8, 4) is 0 Å². The van der Waals surface area contributed by atoms with Crippen LogP contribution in [0.4, 0.5) is 0 Å². The van der Waals surface area contributed by atoms with Crippen molar-refractivity contribution in [2.75, 3.05) is 0 Å². The fourth-order valence-electron chi connectivity index (χ4n) is 1.98. The highest BCUT2D eigenvalue weighted by molar-refractivity contribution is 7.13. The number of carbonyl (C=O) groups is 1. The maximum atomic E-state index is 10.6. The number of unbranched alkanes of at least 4 members (excludes halogenated alkanes) is 4. The van der Waals surface area contributed by atoms with Gasteiger partial charge in [-0.3, -0.25) is 4.79 Å². The summed E-state index contributed by atoms with van der Waals surface area (Å²) < 4.78 is 0. The first-order valence-electron chi connectivity index (χ1n) is 6.49. The zero-order valence-electron chi connectivity index (χ0n) is 10.7. The second kappa shape index (κ2) is 8.24. The van der Waals surface area contributed by atoms with Crippen LogP contribution >= 0.6 is 11.3 Å². The Morgan fingerprint density at radius 2 is 2.06 bits per heavy atom. The van der Waals surface area contributed by atoms with E-state index in [1.165, 1.54) is 37.0 Å². The van der Waals surface area contributed by atoms with Crippen LogP contribution in [0.25, 0.3) is 0 Å². The summed E-state index contributed by atoms with van der Waals surface area (Å²) in [5.41, 5.74) is 0. The van der Waals surface area contributed by atoms with Gasteiger partial charge in [-0.25, -0.2) is 0 Å². The third-order valence-corrected chi connectivity index (χ3v) is 4.17. The maximum Gasteiger partial charge on any atom is 0.160 e. The van der Waals surface area contributed by atoms with E-state index in [2.05, 4.69) is 19.6 Å². The van der Waals surface area contributed by atoms with E-state index in [9.17, 15) is 4.79 Å². The Labute approximate surface area is 109 Å². The van der Waals surface area contributed by atoms with E-state index in [0.29, 0.717) is 5.92 Å². The van der Waals surface area contributed by atoms with Gasteiger partial charge in [-0.1, -0.05) is 45.1 Å². The molecule has 1 rings (SSSR count). The van der Waals surface area contributed by atoms with Crippen molar-refractivity contribution in [1.29, 1.82) is 0 Å². The second-order valence-corrected chi connectivity index (χ2v) is 5.55. The van der Waals surface area contributed by atoms with E-state index < -0.39 is 0 Å². The molecular formula is C15H22OS. The maximum absolute atomic E-state index is 10.6. The lowest BCUT2D eigenvalue weighted by atomic mass is 9.99. The molecule has 1 nitrogen and oxygen atoms in total. The molecule has 1 unspecified atom stereocenters. The highest BCUT2D eigenvalue weighted by atomic mass is 32.1. The summed E-state index contributed by atoms with van der Waals surface area (Å²) in [6, 6.07) is 3.97. The molecule has 1 atom stereocenters. The van der Waals surface area contributed by atoms with E-state index in [1.54, 1.807) is 11.3 Å². The SMILES string of the molecule is C=CC(CCCCCCC)c1ccc(C=O)s1. The number of allylic oxidation sites excluding steroid dienone is 1. The van der Waals surface area contributed by atoms with Gasteiger partial charge < -0.3 is 0 Å². The average Bonchev–Trinajstić information content (AvgIpc) is 2.82. The van der Waals surface area contributed by atoms with Gasteiger partial charge in [-0.15, -0.1) is 17.9 Å². The number of hydrogen-bond acceptors (Lipinski definition) is 2. The first-order chi connectivity index (χ1) is 8.31. The van der Waals surface area contributed by atoms with Crippen molar-refractivity contribution < 1.29 is 4.79 Å². The Morgan fingerprint density at radius 1 is 1.29 bits per heavy atom. The van der Waals surface area contributed by atoms with Gasteiger partial charge in [0.15, 0.2) is 6.29 Å². The van der Waals surface area contributed by atoms with E-state index in [-0.39, 0.29) is 0 Å². The molecule has 0 aliphatic heterocycles. The molecule has 2 heteroatoms. The summed E-state index contributed by atoms with van der Waals surface area (Å²) in [6.07, 6.45) is 10.6. The number of hydrogen-bond donors (Lipinski definition) is 0. The van der Waals surface area contributed by atoms with Crippen molar-refractivity contribution in [2.24, 2.45) is 0 Å². The molecule has 1 heterocycles. The quantitative estimate of drug-likeness (QED) is 0.335. The number of thiophene rings is 1. The summed E-state index contributed by atoms with van der Waals surface area (Å²) in [4.78, 5) is 12.7. The lowest BCUT2D eigenvalue weighted by Crippen LogP contribution is -1.92. The van der Waals surface area contributed by atoms with Gasteiger partial charge in [0.25, 0.3) is 0 Å². The Morgan fingerprint density at radius 3 is 2.65 bits per heavy atom. The van der Waals surface area contributed by atoms with Gasteiger partial charge in [0.05, 0.1) is 4.88 Å². The number of carbonyl (C=O) groups excluding carboxylic acids is 1. The van der Waals surface area contributed by atoms with Crippen LogP contribution in [0.2, 0.25) is 0 Å². The average molecular weight is 250 g/mol. The minimum Gasteiger partial charge on any atom is -0.297 e. The third kappa shape index (κ3) is 4.86. The predicted molar refractivity (Wildman–Crippen MR) is 76.0 cm³/mol. The van der Waals surface area contributed by atoms with Gasteiger partial charge in [-0.05, 0) is 18.6 Å². The molecule has 1 aromatic heterocycles. The normalized spacial score (nSPS) is 12.3. The zero-order chi connectivity index (χ0) is 12.5. The molecule has 0 saturated heterocycles. The van der Waals surface area contributed by atoms with Crippen LogP contribution in [0, 0.1) is 0 Å². The summed E-state index contributed by atoms with van der Waals surface area (Å²) in [5, 5.41) is 0. The Hall–Kier alpha value is -0.890. The molecule has 0 N–H and O–H groups in total. The summed E-state index contributed by atoms with van der Waals surface area (Å²) in [7, 11) is 0. The van der Waals surface area contributed by atoms with Crippen molar-refractivity contribution >= 4 is 17.6 Å². The summed E-state index contributed by atoms with van der Waals surface area (Å²) in [5.74, 6) is 0.426. The van der Waals surface area contributed by atoms with Crippen LogP contribution < -0.4 is 0 Å². The van der Waals surface area contributed by atoms with Gasteiger partial charge >= 0.3 is 0 Å². The van der Waals surface area contributed by atoms with Gasteiger partial charge in [-0.2, -0.15) is 0 Å². The Kier molecular flexibility index (Phi) is 6.87. The second-order valence-electron chi connectivity index (χ2n) is 4.40. The molecule has 0 aromatic carbocycles. The predicted octanol–water partition coefficient (Wildman–Crippen LogP) is 5.19. The molecule has 0 spiro atoms. The molecule has 1 aromatic rings. The molecule has 94 valence electrons. The van der Waals surface area contributed by atoms with Crippen molar-refractivity contribution in [1.82, 2.24) is 0 Å². The fraction of sp³-hybridized carbons (Fsp3) is 0.533. The van der Waals surface area contributed by atoms with Crippen molar-refractivity contribution in [3.05, 3.63) is 34.5 Å². The molecule has 0 amide bonds. The standard InChI is InChI=1S/C15H22OS/c1-3-5-6-7-8-9-13(4-2)15-11-10-14(12-16)17-15/h4,10-13H,2-3,5-9H2,1H3. The van der Waals surface area contributed by atoms with Gasteiger partial charge in [0, 0.05) is 10.8 Å².